The summed E-state index contributed by atoms with van der Waals surface area (Å²) in [6, 6.07) is 9.71. The molecular formula is C27H45N5O2S. The van der Waals surface area contributed by atoms with Crippen LogP contribution in [-0.4, -0.2) is 60.1 Å². The number of benzene rings is 1. The van der Waals surface area contributed by atoms with Crippen molar-refractivity contribution in [3.8, 4) is 0 Å². The molecule has 0 aliphatic heterocycles. The van der Waals surface area contributed by atoms with Gasteiger partial charge in [-0.25, -0.2) is 0 Å². The molecular weight excluding hydrogens is 458 g/mol. The van der Waals surface area contributed by atoms with Crippen molar-refractivity contribution in [2.45, 2.75) is 91.0 Å². The van der Waals surface area contributed by atoms with Crippen molar-refractivity contribution in [1.82, 2.24) is 26.2 Å². The average molecular weight is 504 g/mol. The maximum absolute atomic E-state index is 13.3. The normalized spacial score (nSPS) is 20.0. The van der Waals surface area contributed by atoms with Crippen LogP contribution in [0, 0.1) is 11.3 Å². The number of carbonyl (C=O) groups is 2. The van der Waals surface area contributed by atoms with Crippen molar-refractivity contribution in [1.29, 1.82) is 0 Å². The number of hydrogen-bond acceptors (Lipinski definition) is 4. The summed E-state index contributed by atoms with van der Waals surface area (Å²) in [6.07, 6.45) is 4.44. The van der Waals surface area contributed by atoms with E-state index in [2.05, 4.69) is 45.5 Å². The fourth-order valence-electron chi connectivity index (χ4n) is 4.44. The van der Waals surface area contributed by atoms with Gasteiger partial charge in [0.1, 0.15) is 12.1 Å². The molecule has 0 radical (unpaired) electrons. The van der Waals surface area contributed by atoms with Crippen LogP contribution in [0.3, 0.4) is 0 Å². The van der Waals surface area contributed by atoms with Gasteiger partial charge >= 0.3 is 0 Å². The average Bonchev–Trinajstić information content (AvgIpc) is 2.79. The quantitative estimate of drug-likeness (QED) is 0.387. The van der Waals surface area contributed by atoms with E-state index in [0.29, 0.717) is 11.2 Å². The summed E-state index contributed by atoms with van der Waals surface area (Å²) in [7, 11) is 3.41. The molecule has 0 bridgehead atoms. The van der Waals surface area contributed by atoms with E-state index in [9.17, 15) is 9.59 Å². The summed E-state index contributed by atoms with van der Waals surface area (Å²) in [6.45, 7) is 10.7. The van der Waals surface area contributed by atoms with Gasteiger partial charge in [0.25, 0.3) is 0 Å². The van der Waals surface area contributed by atoms with Crippen molar-refractivity contribution in [3.05, 3.63) is 35.9 Å². The molecule has 4 N–H and O–H groups in total. The molecule has 7 nitrogen and oxygen atoms in total. The van der Waals surface area contributed by atoms with Gasteiger partial charge in [-0.05, 0) is 42.0 Å². The minimum atomic E-state index is -0.587. The van der Waals surface area contributed by atoms with Gasteiger partial charge in [-0.3, -0.25) is 9.59 Å². The van der Waals surface area contributed by atoms with E-state index >= 15 is 0 Å². The number of nitrogens with one attached hydrogen (secondary N) is 4. The lowest BCUT2D eigenvalue weighted by Gasteiger charge is -2.37. The van der Waals surface area contributed by atoms with Crippen molar-refractivity contribution in [2.24, 2.45) is 11.3 Å². The summed E-state index contributed by atoms with van der Waals surface area (Å²) >= 11 is 5.68. The Morgan fingerprint density at radius 2 is 1.63 bits per heavy atom. The highest BCUT2D eigenvalue weighted by Gasteiger charge is 2.36. The maximum Gasteiger partial charge on any atom is 0.244 e. The minimum absolute atomic E-state index is 0.0294. The van der Waals surface area contributed by atoms with Crippen molar-refractivity contribution in [3.63, 3.8) is 0 Å². The summed E-state index contributed by atoms with van der Waals surface area (Å²) in [5, 5.41) is 13.9. The maximum atomic E-state index is 13.3. The standard InChI is InChI=1S/C27H45N5O2S/c1-18(2)22(25(34)32(6)7)30-24(33)23(27(3,4)5)31-26(35)29-21-16-12-11-15-20(21)28-17-19-13-9-8-10-14-19/h8-10,13-14,18,20-23,28H,11-12,15-17H2,1-7H3,(H,30,33)(H2,29,31,35)/t20-,21-,22?,23?/m0/s1. The summed E-state index contributed by atoms with van der Waals surface area (Å²) in [5.74, 6) is -0.368. The highest BCUT2D eigenvalue weighted by molar-refractivity contribution is 7.80. The van der Waals surface area contributed by atoms with Gasteiger partial charge in [-0.1, -0.05) is 77.8 Å². The second kappa shape index (κ2) is 13.2. The Bertz CT molecular complexity index is 838. The molecule has 1 fully saturated rings. The van der Waals surface area contributed by atoms with Crippen LogP contribution in [-0.2, 0) is 16.1 Å². The SMILES string of the molecule is CC(C)C(NC(=O)C(NC(=S)N[C@H]1CCCC[C@@H]1NCc1ccccc1)C(C)(C)C)C(=O)N(C)C. The number of carbonyl (C=O) groups excluding carboxylic acids is 2. The molecule has 196 valence electrons. The van der Waals surface area contributed by atoms with E-state index in [1.165, 1.54) is 16.9 Å². The van der Waals surface area contributed by atoms with Crippen LogP contribution in [0.1, 0.15) is 65.9 Å². The van der Waals surface area contributed by atoms with E-state index in [1.807, 2.05) is 40.7 Å². The molecule has 2 amide bonds. The molecule has 1 aromatic carbocycles. The Hall–Kier alpha value is -2.19. The Balaban J connectivity index is 2.03. The van der Waals surface area contributed by atoms with Crippen molar-refractivity contribution < 1.29 is 9.59 Å². The molecule has 1 aromatic rings. The van der Waals surface area contributed by atoms with E-state index in [-0.39, 0.29) is 23.8 Å². The molecule has 4 atom stereocenters. The van der Waals surface area contributed by atoms with Gasteiger partial charge in [0, 0.05) is 32.7 Å². The van der Waals surface area contributed by atoms with Crippen LogP contribution in [0.15, 0.2) is 30.3 Å². The molecule has 0 heterocycles. The smallest absolute Gasteiger partial charge is 0.244 e. The van der Waals surface area contributed by atoms with Crippen LogP contribution in [0.5, 0.6) is 0 Å². The van der Waals surface area contributed by atoms with Gasteiger partial charge < -0.3 is 26.2 Å². The lowest BCUT2D eigenvalue weighted by atomic mass is 9.85. The first-order valence-corrected chi connectivity index (χ1v) is 13.2. The summed E-state index contributed by atoms with van der Waals surface area (Å²) < 4.78 is 0. The van der Waals surface area contributed by atoms with E-state index < -0.39 is 17.5 Å². The predicted molar refractivity (Wildman–Crippen MR) is 147 cm³/mol. The Morgan fingerprint density at radius 1 is 1.03 bits per heavy atom. The topological polar surface area (TPSA) is 85.5 Å². The monoisotopic (exact) mass is 503 g/mol. The van der Waals surface area contributed by atoms with Crippen LogP contribution in [0.25, 0.3) is 0 Å². The third-order valence-electron chi connectivity index (χ3n) is 6.57. The number of hydrogen-bond donors (Lipinski definition) is 4. The number of thiocarbonyl (C=S) groups is 1. The molecule has 1 aliphatic carbocycles. The zero-order valence-corrected chi connectivity index (χ0v) is 23.3. The first-order valence-electron chi connectivity index (χ1n) is 12.8. The lowest BCUT2D eigenvalue weighted by Crippen LogP contribution is -2.61. The van der Waals surface area contributed by atoms with Crippen molar-refractivity contribution >= 4 is 29.1 Å². The number of nitrogens with zero attached hydrogens (tertiary/aromatic N) is 1. The molecule has 0 saturated heterocycles. The zero-order valence-electron chi connectivity index (χ0n) is 22.5. The number of likely N-dealkylation sites (N-methyl/N-ethyl adjacent to an activating group) is 1. The second-order valence-electron chi connectivity index (χ2n) is 11.2. The molecule has 0 spiro atoms. The predicted octanol–water partition coefficient (Wildman–Crippen LogP) is 3.20. The van der Waals surface area contributed by atoms with Gasteiger partial charge in [-0.2, -0.15) is 0 Å². The van der Waals surface area contributed by atoms with Gasteiger partial charge in [0.2, 0.25) is 11.8 Å². The van der Waals surface area contributed by atoms with Gasteiger partial charge in [0.05, 0.1) is 0 Å². The fourth-order valence-corrected chi connectivity index (χ4v) is 4.71. The highest BCUT2D eigenvalue weighted by Crippen LogP contribution is 2.22. The van der Waals surface area contributed by atoms with Crippen LogP contribution < -0.4 is 21.3 Å². The highest BCUT2D eigenvalue weighted by atomic mass is 32.1. The van der Waals surface area contributed by atoms with Crippen LogP contribution in [0.4, 0.5) is 0 Å². The second-order valence-corrected chi connectivity index (χ2v) is 11.7. The van der Waals surface area contributed by atoms with E-state index in [1.54, 1.807) is 14.1 Å². The summed E-state index contributed by atoms with van der Waals surface area (Å²) in [5.41, 5.74) is 0.852. The fraction of sp³-hybridized carbons (Fsp3) is 0.667. The van der Waals surface area contributed by atoms with Crippen LogP contribution >= 0.6 is 12.2 Å². The number of rotatable bonds is 9. The van der Waals surface area contributed by atoms with Crippen LogP contribution in [0.2, 0.25) is 0 Å². The third-order valence-corrected chi connectivity index (χ3v) is 6.80. The molecule has 1 aliphatic rings. The largest absolute Gasteiger partial charge is 0.358 e. The van der Waals surface area contributed by atoms with Crippen molar-refractivity contribution in [2.75, 3.05) is 14.1 Å². The van der Waals surface area contributed by atoms with E-state index in [0.717, 1.165) is 25.8 Å². The molecule has 2 rings (SSSR count). The molecule has 35 heavy (non-hydrogen) atoms. The Kier molecular flexibility index (Phi) is 11.0. The third kappa shape index (κ3) is 9.08. The number of amides is 2. The van der Waals surface area contributed by atoms with Gasteiger partial charge in [-0.15, -0.1) is 0 Å². The Morgan fingerprint density at radius 3 is 2.17 bits per heavy atom. The molecule has 1 saturated carbocycles. The molecule has 2 unspecified atom stereocenters. The lowest BCUT2D eigenvalue weighted by molar-refractivity contribution is -0.136. The van der Waals surface area contributed by atoms with E-state index in [4.69, 9.17) is 12.2 Å². The zero-order chi connectivity index (χ0) is 26.2. The summed E-state index contributed by atoms with van der Waals surface area (Å²) in [4.78, 5) is 27.5. The van der Waals surface area contributed by atoms with Gasteiger partial charge in [0.15, 0.2) is 5.11 Å². The molecule has 0 aromatic heterocycles. The molecule has 8 heteroatoms. The minimum Gasteiger partial charge on any atom is -0.358 e. The first-order chi connectivity index (χ1) is 16.4. The Labute approximate surface area is 217 Å². The first kappa shape index (κ1) is 29.0.